The first-order valence-corrected chi connectivity index (χ1v) is 9.02. The van der Waals surface area contributed by atoms with Gasteiger partial charge in [-0.1, -0.05) is 20.8 Å². The molecule has 0 amide bonds. The molecule has 0 aromatic carbocycles. The number of ether oxygens (including phenoxy) is 2. The molecule has 124 valence electrons. The van der Waals surface area contributed by atoms with Crippen LogP contribution in [0.25, 0.3) is 0 Å². The van der Waals surface area contributed by atoms with Crippen LogP contribution in [0.4, 0.5) is 0 Å². The van der Waals surface area contributed by atoms with Crippen molar-refractivity contribution in [3.8, 4) is 0 Å². The molecular formula is C16H30O4S. The molecule has 0 heterocycles. The Morgan fingerprint density at radius 2 is 1.57 bits per heavy atom. The molecular weight excluding hydrogens is 288 g/mol. The van der Waals surface area contributed by atoms with Crippen LogP contribution in [0.2, 0.25) is 0 Å². The minimum atomic E-state index is -1.14. The summed E-state index contributed by atoms with van der Waals surface area (Å²) in [6.07, 6.45) is 1.78. The molecule has 5 heteroatoms. The van der Waals surface area contributed by atoms with Gasteiger partial charge in [0.05, 0.1) is 13.2 Å². The van der Waals surface area contributed by atoms with E-state index in [2.05, 4.69) is 6.92 Å². The average molecular weight is 318 g/mol. The maximum atomic E-state index is 12.5. The van der Waals surface area contributed by atoms with E-state index in [4.69, 9.17) is 9.47 Å². The molecule has 0 aliphatic carbocycles. The van der Waals surface area contributed by atoms with E-state index in [1.54, 1.807) is 13.8 Å². The Morgan fingerprint density at radius 3 is 1.95 bits per heavy atom. The fraction of sp³-hybridized carbons (Fsp3) is 0.875. The van der Waals surface area contributed by atoms with Crippen LogP contribution in [0, 0.1) is 11.3 Å². The molecule has 4 nitrogen and oxygen atoms in total. The minimum Gasteiger partial charge on any atom is -0.465 e. The Kier molecular flexibility index (Phi) is 10.6. The third-order valence-corrected chi connectivity index (χ3v) is 4.17. The maximum Gasteiger partial charge on any atom is 0.323 e. The fourth-order valence-electron chi connectivity index (χ4n) is 2.41. The van der Waals surface area contributed by atoms with Crippen LogP contribution in [0.5, 0.6) is 0 Å². The maximum absolute atomic E-state index is 12.5. The van der Waals surface area contributed by atoms with Crippen molar-refractivity contribution in [3.63, 3.8) is 0 Å². The highest BCUT2D eigenvalue weighted by Crippen LogP contribution is 2.35. The lowest BCUT2D eigenvalue weighted by atomic mass is 9.76. The Bertz CT molecular complexity index is 297. The molecule has 21 heavy (non-hydrogen) atoms. The third-order valence-electron chi connectivity index (χ3n) is 3.19. The van der Waals surface area contributed by atoms with E-state index in [-0.39, 0.29) is 19.1 Å². The van der Waals surface area contributed by atoms with Crippen molar-refractivity contribution in [1.82, 2.24) is 0 Å². The van der Waals surface area contributed by atoms with Gasteiger partial charge in [0.2, 0.25) is 0 Å². The first-order valence-electron chi connectivity index (χ1n) is 7.86. The standard InChI is InChI=1S/C16H30O4S/c1-6-19-14(17)16(12-13(4)5,15(18)20-7-2)10-9-11-21-8-3/h13H,6-12H2,1-5H3. The summed E-state index contributed by atoms with van der Waals surface area (Å²) >= 11 is 1.81. The van der Waals surface area contributed by atoms with Gasteiger partial charge < -0.3 is 9.47 Å². The van der Waals surface area contributed by atoms with Crippen LogP contribution < -0.4 is 0 Å². The summed E-state index contributed by atoms with van der Waals surface area (Å²) in [6.45, 7) is 10.2. The van der Waals surface area contributed by atoms with Gasteiger partial charge in [0.15, 0.2) is 5.41 Å². The van der Waals surface area contributed by atoms with E-state index < -0.39 is 17.4 Å². The quantitative estimate of drug-likeness (QED) is 0.330. The van der Waals surface area contributed by atoms with Gasteiger partial charge >= 0.3 is 11.9 Å². The normalized spacial score (nSPS) is 11.5. The van der Waals surface area contributed by atoms with Crippen LogP contribution in [-0.2, 0) is 19.1 Å². The van der Waals surface area contributed by atoms with E-state index in [1.807, 2.05) is 25.6 Å². The van der Waals surface area contributed by atoms with Crippen molar-refractivity contribution in [2.45, 2.75) is 53.9 Å². The lowest BCUT2D eigenvalue weighted by molar-refractivity contribution is -0.174. The van der Waals surface area contributed by atoms with E-state index in [0.717, 1.165) is 17.9 Å². The molecule has 0 aliphatic heterocycles. The van der Waals surface area contributed by atoms with E-state index in [9.17, 15) is 9.59 Å². The highest BCUT2D eigenvalue weighted by molar-refractivity contribution is 7.99. The molecule has 0 atom stereocenters. The first-order chi connectivity index (χ1) is 9.94. The van der Waals surface area contributed by atoms with Crippen LogP contribution in [0.3, 0.4) is 0 Å². The molecule has 0 saturated carbocycles. The van der Waals surface area contributed by atoms with Gasteiger partial charge in [0.1, 0.15) is 0 Å². The molecule has 0 fully saturated rings. The molecule has 0 aromatic rings. The Balaban J connectivity index is 5.18. The van der Waals surface area contributed by atoms with Crippen LogP contribution in [-0.4, -0.2) is 36.7 Å². The van der Waals surface area contributed by atoms with E-state index >= 15 is 0 Å². The van der Waals surface area contributed by atoms with Crippen molar-refractivity contribution < 1.29 is 19.1 Å². The summed E-state index contributed by atoms with van der Waals surface area (Å²) in [5, 5.41) is 0. The smallest absolute Gasteiger partial charge is 0.323 e. The SMILES string of the molecule is CCOC(=O)C(CCCSCC)(CC(C)C)C(=O)OCC. The molecule has 0 rings (SSSR count). The monoisotopic (exact) mass is 318 g/mol. The summed E-state index contributed by atoms with van der Waals surface area (Å²) < 4.78 is 10.4. The van der Waals surface area contributed by atoms with Crippen molar-refractivity contribution in [2.75, 3.05) is 24.7 Å². The minimum absolute atomic E-state index is 0.220. The van der Waals surface area contributed by atoms with Crippen LogP contribution in [0.1, 0.15) is 53.9 Å². The number of carbonyl (C=O) groups excluding carboxylic acids is 2. The second-order valence-electron chi connectivity index (χ2n) is 5.42. The fourth-order valence-corrected chi connectivity index (χ4v) is 3.05. The predicted molar refractivity (Wildman–Crippen MR) is 87.4 cm³/mol. The number of esters is 2. The van der Waals surface area contributed by atoms with Crippen molar-refractivity contribution in [3.05, 3.63) is 0 Å². The second kappa shape index (κ2) is 10.9. The summed E-state index contributed by atoms with van der Waals surface area (Å²) in [5.74, 6) is 1.33. The van der Waals surface area contributed by atoms with Crippen LogP contribution in [0.15, 0.2) is 0 Å². The van der Waals surface area contributed by atoms with E-state index in [1.165, 1.54) is 0 Å². The summed E-state index contributed by atoms with van der Waals surface area (Å²) in [4.78, 5) is 24.9. The molecule has 0 aliphatic rings. The summed E-state index contributed by atoms with van der Waals surface area (Å²) in [5.41, 5.74) is -1.14. The molecule has 0 radical (unpaired) electrons. The number of rotatable bonds is 11. The number of hydrogen-bond acceptors (Lipinski definition) is 5. The topological polar surface area (TPSA) is 52.6 Å². The van der Waals surface area contributed by atoms with Crippen molar-refractivity contribution >= 4 is 23.7 Å². The second-order valence-corrected chi connectivity index (χ2v) is 6.82. The highest BCUT2D eigenvalue weighted by atomic mass is 32.2. The largest absolute Gasteiger partial charge is 0.465 e. The number of thioether (sulfide) groups is 1. The van der Waals surface area contributed by atoms with Gasteiger partial charge in [0.25, 0.3) is 0 Å². The number of hydrogen-bond donors (Lipinski definition) is 0. The first kappa shape index (κ1) is 20.3. The van der Waals surface area contributed by atoms with Gasteiger partial charge in [-0.3, -0.25) is 9.59 Å². The van der Waals surface area contributed by atoms with Gasteiger partial charge in [0, 0.05) is 0 Å². The molecule has 0 saturated heterocycles. The Morgan fingerprint density at radius 1 is 1.05 bits per heavy atom. The lowest BCUT2D eigenvalue weighted by Gasteiger charge is -2.30. The van der Waals surface area contributed by atoms with Crippen molar-refractivity contribution in [2.24, 2.45) is 11.3 Å². The van der Waals surface area contributed by atoms with Gasteiger partial charge in [-0.2, -0.15) is 11.8 Å². The molecule has 0 N–H and O–H groups in total. The molecule has 0 bridgehead atoms. The molecule has 0 unspecified atom stereocenters. The van der Waals surface area contributed by atoms with Crippen LogP contribution >= 0.6 is 11.8 Å². The summed E-state index contributed by atoms with van der Waals surface area (Å²) in [7, 11) is 0. The molecule has 0 spiro atoms. The Hall–Kier alpha value is -0.710. The predicted octanol–water partition coefficient (Wildman–Crippen LogP) is 3.68. The zero-order chi connectivity index (χ0) is 16.3. The zero-order valence-corrected chi connectivity index (χ0v) is 14.9. The molecule has 0 aromatic heterocycles. The number of carbonyl (C=O) groups is 2. The zero-order valence-electron chi connectivity index (χ0n) is 14.1. The van der Waals surface area contributed by atoms with E-state index in [0.29, 0.717) is 12.8 Å². The van der Waals surface area contributed by atoms with Gasteiger partial charge in [-0.25, -0.2) is 0 Å². The highest BCUT2D eigenvalue weighted by Gasteiger charge is 2.48. The third kappa shape index (κ3) is 6.72. The van der Waals surface area contributed by atoms with Crippen molar-refractivity contribution in [1.29, 1.82) is 0 Å². The van der Waals surface area contributed by atoms with Gasteiger partial charge in [-0.15, -0.1) is 0 Å². The van der Waals surface area contributed by atoms with Gasteiger partial charge in [-0.05, 0) is 50.5 Å². The average Bonchev–Trinajstić information content (AvgIpc) is 2.42. The summed E-state index contributed by atoms with van der Waals surface area (Å²) in [6, 6.07) is 0. The lowest BCUT2D eigenvalue weighted by Crippen LogP contribution is -2.43. The Labute approximate surface area is 133 Å².